The smallest absolute Gasteiger partial charge is 0.401 e. The van der Waals surface area contributed by atoms with Crippen molar-refractivity contribution in [2.75, 3.05) is 11.9 Å². The van der Waals surface area contributed by atoms with Gasteiger partial charge in [0.25, 0.3) is 0 Å². The number of rotatable bonds is 10. The zero-order chi connectivity index (χ0) is 22.5. The van der Waals surface area contributed by atoms with E-state index in [0.29, 0.717) is 23.0 Å². The van der Waals surface area contributed by atoms with Gasteiger partial charge in [-0.2, -0.15) is 0 Å². The maximum Gasteiger partial charge on any atom is 0.401 e. The lowest BCUT2D eigenvalue weighted by Crippen LogP contribution is -2.30. The molecule has 0 aliphatic carbocycles. The summed E-state index contributed by atoms with van der Waals surface area (Å²) >= 11 is 6.24. The largest absolute Gasteiger partial charge is 0.504 e. The normalized spacial score (nSPS) is 14.4. The third kappa shape index (κ3) is 6.03. The number of nitrogens with zero attached hydrogens (tertiary/aromatic N) is 1. The molecule has 0 saturated carbocycles. The number of benzene rings is 1. The van der Waals surface area contributed by atoms with E-state index in [-0.39, 0.29) is 29.3 Å². The van der Waals surface area contributed by atoms with E-state index in [1.807, 2.05) is 20.8 Å². The summed E-state index contributed by atoms with van der Waals surface area (Å²) in [6, 6.07) is 6.51. The first-order valence-electron chi connectivity index (χ1n) is 9.88. The highest BCUT2D eigenvalue weighted by Crippen LogP contribution is 2.57. The fraction of sp³-hybridized carbons (Fsp3) is 0.476. The lowest BCUT2D eigenvalue weighted by atomic mass is 10.2. The van der Waals surface area contributed by atoms with Gasteiger partial charge in [-0.1, -0.05) is 25.4 Å². The Hall–Kier alpha value is -1.95. The van der Waals surface area contributed by atoms with Crippen molar-refractivity contribution in [2.24, 2.45) is 5.92 Å². The van der Waals surface area contributed by atoms with E-state index in [1.54, 1.807) is 45.2 Å². The molecule has 0 fully saturated rings. The summed E-state index contributed by atoms with van der Waals surface area (Å²) in [7, 11) is -3.77. The molecule has 0 aliphatic heterocycles. The van der Waals surface area contributed by atoms with Gasteiger partial charge in [-0.3, -0.25) is 4.52 Å². The first kappa shape index (κ1) is 24.3. The molecule has 1 heterocycles. The zero-order valence-electron chi connectivity index (χ0n) is 18.2. The predicted octanol–water partition coefficient (Wildman–Crippen LogP) is 6.24. The van der Waals surface area contributed by atoms with Crippen LogP contribution in [0.5, 0.6) is 17.2 Å². The van der Waals surface area contributed by atoms with Crippen LogP contribution in [0.3, 0.4) is 0 Å². The fourth-order valence-corrected chi connectivity index (χ4v) is 5.32. The summed E-state index contributed by atoms with van der Waals surface area (Å²) < 4.78 is 31.3. The molecule has 2 rings (SSSR count). The molecule has 166 valence electrons. The van der Waals surface area contributed by atoms with Crippen LogP contribution < -0.4 is 14.6 Å². The molecule has 2 atom stereocenters. The number of aromatic nitrogens is 1. The molecular formula is C21H30ClN2O5P. The molecule has 7 nitrogen and oxygen atoms in total. The first-order chi connectivity index (χ1) is 14.1. The second-order valence-corrected chi connectivity index (χ2v) is 9.91. The molecule has 2 unspecified atom stereocenters. The molecule has 0 saturated heterocycles. The number of halogens is 1. The van der Waals surface area contributed by atoms with Crippen LogP contribution in [0.1, 0.15) is 40.2 Å². The van der Waals surface area contributed by atoms with Crippen molar-refractivity contribution in [1.29, 1.82) is 0 Å². The number of aryl methyl sites for hydroxylation is 1. The SMILES string of the molecule is CCOc1cc(OP(=O)(OC(C)C)C(Nc2ncccc2Cl)C(C)C)cc(C)c1O. The van der Waals surface area contributed by atoms with E-state index in [0.717, 1.165) is 0 Å². The minimum absolute atomic E-state index is 0.0163. The summed E-state index contributed by atoms with van der Waals surface area (Å²) in [6.07, 6.45) is 1.24. The average molecular weight is 457 g/mol. The lowest BCUT2D eigenvalue weighted by Gasteiger charge is -2.32. The molecule has 1 aromatic heterocycles. The zero-order valence-corrected chi connectivity index (χ0v) is 19.8. The summed E-state index contributed by atoms with van der Waals surface area (Å²) in [5.41, 5.74) is 0.536. The molecule has 2 aromatic rings. The van der Waals surface area contributed by atoms with Gasteiger partial charge in [-0.05, 0) is 57.4 Å². The van der Waals surface area contributed by atoms with Gasteiger partial charge in [-0.15, -0.1) is 0 Å². The van der Waals surface area contributed by atoms with E-state index < -0.39 is 13.4 Å². The third-order valence-corrected chi connectivity index (χ3v) is 7.04. The fourth-order valence-electron chi connectivity index (χ4n) is 2.86. The topological polar surface area (TPSA) is 89.9 Å². The highest BCUT2D eigenvalue weighted by Gasteiger charge is 2.41. The number of phenols is 1. The van der Waals surface area contributed by atoms with E-state index in [9.17, 15) is 9.67 Å². The van der Waals surface area contributed by atoms with E-state index in [2.05, 4.69) is 10.3 Å². The van der Waals surface area contributed by atoms with Gasteiger partial charge >= 0.3 is 7.60 Å². The van der Waals surface area contributed by atoms with Gasteiger partial charge < -0.3 is 19.7 Å². The molecule has 9 heteroatoms. The quantitative estimate of drug-likeness (QED) is 0.409. The molecule has 2 N–H and O–H groups in total. The van der Waals surface area contributed by atoms with Crippen molar-refractivity contribution in [2.45, 2.75) is 53.4 Å². The summed E-state index contributed by atoms with van der Waals surface area (Å²) in [5, 5.41) is 13.7. The van der Waals surface area contributed by atoms with E-state index >= 15 is 0 Å². The Bertz CT molecular complexity index is 907. The Morgan fingerprint density at radius 2 is 1.97 bits per heavy atom. The van der Waals surface area contributed by atoms with Crippen LogP contribution >= 0.6 is 19.2 Å². The first-order valence-corrected chi connectivity index (χ1v) is 11.9. The Kier molecular flexibility index (Phi) is 8.42. The number of anilines is 1. The van der Waals surface area contributed by atoms with Crippen LogP contribution in [0.4, 0.5) is 5.82 Å². The molecule has 30 heavy (non-hydrogen) atoms. The number of phenolic OH excluding ortho intramolecular Hbond substituents is 1. The predicted molar refractivity (Wildman–Crippen MR) is 120 cm³/mol. The highest BCUT2D eigenvalue weighted by molar-refractivity contribution is 7.55. The number of aromatic hydroxyl groups is 1. The van der Waals surface area contributed by atoms with Crippen molar-refractivity contribution < 1.29 is 23.5 Å². The Labute approximate surface area is 183 Å². The highest BCUT2D eigenvalue weighted by atomic mass is 35.5. The van der Waals surface area contributed by atoms with Crippen molar-refractivity contribution in [3.8, 4) is 17.2 Å². The van der Waals surface area contributed by atoms with E-state index in [1.165, 1.54) is 6.07 Å². The Balaban J connectivity index is 2.47. The van der Waals surface area contributed by atoms with Gasteiger partial charge in [-0.25, -0.2) is 9.55 Å². The number of hydrogen-bond acceptors (Lipinski definition) is 7. The molecular weight excluding hydrogens is 427 g/mol. The maximum absolute atomic E-state index is 14.0. The van der Waals surface area contributed by atoms with E-state index in [4.69, 9.17) is 25.4 Å². The van der Waals surface area contributed by atoms with Gasteiger partial charge in [0.2, 0.25) is 0 Å². The minimum Gasteiger partial charge on any atom is -0.504 e. The Morgan fingerprint density at radius 3 is 2.53 bits per heavy atom. The monoisotopic (exact) mass is 456 g/mol. The molecule has 0 amide bonds. The summed E-state index contributed by atoms with van der Waals surface area (Å²) in [6.45, 7) is 11.3. The van der Waals surface area contributed by atoms with Crippen molar-refractivity contribution >= 4 is 25.0 Å². The Morgan fingerprint density at radius 1 is 1.27 bits per heavy atom. The van der Waals surface area contributed by atoms with Crippen LogP contribution in [0.2, 0.25) is 5.02 Å². The molecule has 0 radical (unpaired) electrons. The van der Waals surface area contributed by atoms with Gasteiger partial charge in [0, 0.05) is 12.3 Å². The number of hydrogen-bond donors (Lipinski definition) is 2. The standard InChI is InChI=1S/C21H30ClN2O5P/c1-7-27-18-12-16(11-15(6)19(18)25)29-30(26,28-14(4)5)21(13(2)3)24-20-17(22)9-8-10-23-20/h8-14,21,25H,7H2,1-6H3,(H,23,24). The number of pyridine rings is 1. The molecule has 1 aromatic carbocycles. The molecule has 0 aliphatic rings. The molecule has 0 bridgehead atoms. The number of nitrogens with one attached hydrogen (secondary N) is 1. The van der Waals surface area contributed by atoms with Crippen LogP contribution in [0, 0.1) is 12.8 Å². The van der Waals surface area contributed by atoms with Crippen molar-refractivity contribution in [1.82, 2.24) is 4.98 Å². The summed E-state index contributed by atoms with van der Waals surface area (Å²) in [4.78, 5) is 4.24. The van der Waals surface area contributed by atoms with Crippen LogP contribution in [-0.2, 0) is 9.09 Å². The van der Waals surface area contributed by atoms with Crippen LogP contribution in [0.15, 0.2) is 30.5 Å². The van der Waals surface area contributed by atoms with Crippen LogP contribution in [0.25, 0.3) is 0 Å². The minimum atomic E-state index is -3.77. The lowest BCUT2D eigenvalue weighted by molar-refractivity contribution is 0.200. The van der Waals surface area contributed by atoms with Crippen molar-refractivity contribution in [3.63, 3.8) is 0 Å². The third-order valence-electron chi connectivity index (χ3n) is 4.14. The van der Waals surface area contributed by atoms with Crippen LogP contribution in [-0.4, -0.2) is 28.6 Å². The summed E-state index contributed by atoms with van der Waals surface area (Å²) in [5.74, 6) is 0.0745. The second kappa shape index (κ2) is 10.4. The second-order valence-electron chi connectivity index (χ2n) is 7.47. The van der Waals surface area contributed by atoms with Gasteiger partial charge in [0.05, 0.1) is 17.7 Å². The number of ether oxygens (including phenoxy) is 1. The van der Waals surface area contributed by atoms with Crippen molar-refractivity contribution in [3.05, 3.63) is 41.0 Å². The maximum atomic E-state index is 14.0. The van der Waals surface area contributed by atoms with Gasteiger partial charge in [0.15, 0.2) is 11.5 Å². The molecule has 0 spiro atoms. The van der Waals surface area contributed by atoms with Gasteiger partial charge in [0.1, 0.15) is 17.4 Å². The average Bonchev–Trinajstić information content (AvgIpc) is 2.64.